The number of fused-ring (bicyclic) bond motifs is 1. The molecule has 0 saturated heterocycles. The second kappa shape index (κ2) is 15.7. The van der Waals surface area contributed by atoms with Crippen molar-refractivity contribution < 1.29 is 9.53 Å². The predicted octanol–water partition coefficient (Wildman–Crippen LogP) is 8.06. The van der Waals surface area contributed by atoms with Crippen molar-refractivity contribution in [2.24, 2.45) is 11.3 Å². The number of nitrogens with zero attached hydrogens (tertiary/aromatic N) is 3. The zero-order valence-electron chi connectivity index (χ0n) is 26.6. The van der Waals surface area contributed by atoms with Gasteiger partial charge in [0.25, 0.3) is 0 Å². The van der Waals surface area contributed by atoms with Gasteiger partial charge in [-0.1, -0.05) is 39.2 Å². The molecule has 0 bridgehead atoms. The molecule has 1 unspecified atom stereocenters. The van der Waals surface area contributed by atoms with Crippen LogP contribution in [0.4, 0.5) is 0 Å². The van der Waals surface area contributed by atoms with Crippen LogP contribution in [0.25, 0.3) is 33.4 Å². The summed E-state index contributed by atoms with van der Waals surface area (Å²) in [6.07, 6.45) is 12.0. The topological polar surface area (TPSA) is 95.1 Å². The summed E-state index contributed by atoms with van der Waals surface area (Å²) >= 11 is 1.76. The highest BCUT2D eigenvalue weighted by Crippen LogP contribution is 2.42. The Labute approximate surface area is 261 Å². The fraction of sp³-hybridized carbons (Fsp3) is 0.514. The average Bonchev–Trinajstić information content (AvgIpc) is 3.61. The molecule has 1 aromatic carbocycles. The summed E-state index contributed by atoms with van der Waals surface area (Å²) in [5.41, 5.74) is 10.6. The normalized spacial score (nSPS) is 12.7. The number of aryl methyl sites for hydroxylation is 2. The largest absolute Gasteiger partial charge is 0.375 e. The number of carbonyl (C=O) groups excluding carboxylic acids is 1. The van der Waals surface area contributed by atoms with E-state index in [1.807, 2.05) is 12.3 Å². The van der Waals surface area contributed by atoms with Crippen molar-refractivity contribution in [3.8, 4) is 22.5 Å². The van der Waals surface area contributed by atoms with Gasteiger partial charge in [0.15, 0.2) is 0 Å². The van der Waals surface area contributed by atoms with E-state index in [2.05, 4.69) is 67.3 Å². The summed E-state index contributed by atoms with van der Waals surface area (Å²) < 4.78 is 8.17. The number of benzene rings is 1. The van der Waals surface area contributed by atoms with Crippen LogP contribution in [-0.2, 0) is 28.9 Å². The van der Waals surface area contributed by atoms with Gasteiger partial charge in [-0.05, 0) is 81.2 Å². The maximum absolute atomic E-state index is 11.3. The van der Waals surface area contributed by atoms with Gasteiger partial charge >= 0.3 is 0 Å². The molecule has 3 N–H and O–H groups in total. The molecule has 0 amide bonds. The number of thiazole rings is 1. The zero-order chi connectivity index (χ0) is 30.8. The third-order valence-corrected chi connectivity index (χ3v) is 9.38. The Bertz CT molecular complexity index is 1470. The van der Waals surface area contributed by atoms with Crippen LogP contribution < -0.4 is 11.3 Å². The number of hydrogen-bond donors (Lipinski definition) is 2. The van der Waals surface area contributed by atoms with E-state index in [0.29, 0.717) is 6.42 Å². The number of unbranched alkanes of at least 4 members (excludes halogenated alkanes) is 4. The molecule has 0 radical (unpaired) electrons. The van der Waals surface area contributed by atoms with E-state index in [9.17, 15) is 4.79 Å². The van der Waals surface area contributed by atoms with Gasteiger partial charge in [-0.25, -0.2) is 4.98 Å². The van der Waals surface area contributed by atoms with Gasteiger partial charge < -0.3 is 14.1 Å². The van der Waals surface area contributed by atoms with E-state index in [-0.39, 0.29) is 11.5 Å². The van der Waals surface area contributed by atoms with E-state index >= 15 is 0 Å². The predicted molar refractivity (Wildman–Crippen MR) is 179 cm³/mol. The zero-order valence-corrected chi connectivity index (χ0v) is 27.4. The summed E-state index contributed by atoms with van der Waals surface area (Å²) in [6, 6.07) is 11.0. The lowest BCUT2D eigenvalue weighted by Gasteiger charge is -2.25. The minimum Gasteiger partial charge on any atom is -0.375 e. The molecule has 3 heterocycles. The molecule has 0 saturated carbocycles. The van der Waals surface area contributed by atoms with Crippen LogP contribution in [0.2, 0.25) is 0 Å². The number of rotatable bonds is 18. The molecule has 0 fully saturated rings. The van der Waals surface area contributed by atoms with Crippen LogP contribution in [0, 0.1) is 5.41 Å². The molecule has 4 aromatic rings. The molecule has 0 aliphatic rings. The number of nitrogens with two attached hydrogens (primary N) is 1. The van der Waals surface area contributed by atoms with Crippen molar-refractivity contribution in [1.82, 2.24) is 20.0 Å². The SMILES string of the molecule is CCn1c(-c2cccnc2C(C)OC)c(CC(C)(C)CCC=O)c2cc(-c3csc(CCCCCCCNN)n3)ccc21. The quantitative estimate of drug-likeness (QED) is 0.0517. The third kappa shape index (κ3) is 8.18. The molecule has 3 aromatic heterocycles. The van der Waals surface area contributed by atoms with Gasteiger partial charge in [-0.3, -0.25) is 16.3 Å². The Kier molecular flexibility index (Phi) is 12.1. The lowest BCUT2D eigenvalue weighted by molar-refractivity contribution is -0.108. The maximum atomic E-state index is 11.3. The number of hydrazine groups is 1. The Morgan fingerprint density at radius 3 is 2.70 bits per heavy atom. The minimum absolute atomic E-state index is 0.0532. The Balaban J connectivity index is 1.73. The number of nitrogens with one attached hydrogen (secondary N) is 1. The molecule has 4 rings (SSSR count). The minimum atomic E-state index is -0.137. The Hall–Kier alpha value is -2.91. The monoisotopic (exact) mass is 603 g/mol. The first kappa shape index (κ1) is 33.0. The Morgan fingerprint density at radius 2 is 1.95 bits per heavy atom. The molecule has 0 aliphatic heterocycles. The van der Waals surface area contributed by atoms with Crippen molar-refractivity contribution in [3.05, 3.63) is 58.2 Å². The molecular formula is C35H49N5O2S. The lowest BCUT2D eigenvalue weighted by Crippen LogP contribution is -2.22. The molecule has 0 spiro atoms. The lowest BCUT2D eigenvalue weighted by atomic mass is 9.80. The second-order valence-electron chi connectivity index (χ2n) is 12.3. The van der Waals surface area contributed by atoms with Gasteiger partial charge in [0.2, 0.25) is 0 Å². The first-order chi connectivity index (χ1) is 20.8. The molecule has 232 valence electrons. The summed E-state index contributed by atoms with van der Waals surface area (Å²) in [5.74, 6) is 5.37. The van der Waals surface area contributed by atoms with Crippen molar-refractivity contribution in [2.75, 3.05) is 13.7 Å². The van der Waals surface area contributed by atoms with Crippen molar-refractivity contribution in [1.29, 1.82) is 0 Å². The van der Waals surface area contributed by atoms with Crippen LogP contribution in [0.1, 0.15) is 95.0 Å². The summed E-state index contributed by atoms with van der Waals surface area (Å²) in [7, 11) is 1.73. The molecule has 43 heavy (non-hydrogen) atoms. The second-order valence-corrected chi connectivity index (χ2v) is 13.2. The van der Waals surface area contributed by atoms with E-state index in [0.717, 1.165) is 74.0 Å². The Morgan fingerprint density at radius 1 is 1.16 bits per heavy atom. The number of ether oxygens (including phenoxy) is 1. The molecule has 0 aliphatic carbocycles. The smallest absolute Gasteiger partial charge is 0.120 e. The highest BCUT2D eigenvalue weighted by Gasteiger charge is 2.28. The van der Waals surface area contributed by atoms with Crippen LogP contribution in [0.15, 0.2) is 41.9 Å². The maximum Gasteiger partial charge on any atom is 0.120 e. The van der Waals surface area contributed by atoms with Crippen LogP contribution in [-0.4, -0.2) is 34.5 Å². The van der Waals surface area contributed by atoms with Gasteiger partial charge in [0.1, 0.15) is 6.29 Å². The van der Waals surface area contributed by atoms with E-state index in [1.165, 1.54) is 46.4 Å². The van der Waals surface area contributed by atoms with Gasteiger partial charge in [0.05, 0.1) is 28.2 Å². The van der Waals surface area contributed by atoms with Crippen LogP contribution in [0.3, 0.4) is 0 Å². The average molecular weight is 604 g/mol. The van der Waals surface area contributed by atoms with E-state index in [1.54, 1.807) is 18.4 Å². The highest BCUT2D eigenvalue weighted by molar-refractivity contribution is 7.09. The van der Waals surface area contributed by atoms with Crippen molar-refractivity contribution in [3.63, 3.8) is 0 Å². The number of carbonyl (C=O) groups is 1. The number of aldehydes is 1. The first-order valence-electron chi connectivity index (χ1n) is 15.8. The standard InChI is InChI=1S/C35H49N5O2S/c1-6-40-31-17-16-26(30-24-43-32(39-30)15-10-8-7-9-11-20-38-36)22-28(31)29(23-35(3,4)18-13-21-41)34(40)27-14-12-19-37-33(27)25(2)42-5/h12,14,16-17,19,21-22,24-25,38H,6-11,13,15,18,20,23,36H2,1-5H3. The number of aromatic nitrogens is 3. The third-order valence-electron chi connectivity index (χ3n) is 8.47. The number of hydrogen-bond acceptors (Lipinski definition) is 7. The molecule has 1 atom stereocenters. The number of methoxy groups -OCH3 is 1. The van der Waals surface area contributed by atoms with Crippen molar-refractivity contribution in [2.45, 2.75) is 98.1 Å². The first-order valence-corrected chi connectivity index (χ1v) is 16.7. The van der Waals surface area contributed by atoms with Gasteiger partial charge in [-0.15, -0.1) is 11.3 Å². The number of pyridine rings is 1. The summed E-state index contributed by atoms with van der Waals surface area (Å²) in [5, 5.41) is 4.65. The molecule has 8 heteroatoms. The van der Waals surface area contributed by atoms with Crippen LogP contribution in [0.5, 0.6) is 0 Å². The fourth-order valence-electron chi connectivity index (χ4n) is 6.06. The van der Waals surface area contributed by atoms with Gasteiger partial charge in [0, 0.05) is 60.2 Å². The van der Waals surface area contributed by atoms with E-state index < -0.39 is 0 Å². The van der Waals surface area contributed by atoms with Crippen LogP contribution >= 0.6 is 11.3 Å². The van der Waals surface area contributed by atoms with Gasteiger partial charge in [-0.2, -0.15) is 0 Å². The molecular weight excluding hydrogens is 554 g/mol. The summed E-state index contributed by atoms with van der Waals surface area (Å²) in [6.45, 7) is 10.5. The fourth-order valence-corrected chi connectivity index (χ4v) is 6.91. The summed E-state index contributed by atoms with van der Waals surface area (Å²) in [4.78, 5) is 21.1. The van der Waals surface area contributed by atoms with Crippen molar-refractivity contribution >= 4 is 28.5 Å². The molecule has 7 nitrogen and oxygen atoms in total. The van der Waals surface area contributed by atoms with E-state index in [4.69, 9.17) is 20.5 Å². The highest BCUT2D eigenvalue weighted by atomic mass is 32.1.